The van der Waals surface area contributed by atoms with E-state index < -0.39 is 6.10 Å². The predicted octanol–water partition coefficient (Wildman–Crippen LogP) is 3.18. The van der Waals surface area contributed by atoms with Crippen LogP contribution in [0.1, 0.15) is 58.8 Å². The number of nitrogens with zero attached hydrogens (tertiary/aromatic N) is 4. The van der Waals surface area contributed by atoms with Crippen LogP contribution in [0.3, 0.4) is 0 Å². The third kappa shape index (κ3) is 3.45. The highest BCUT2D eigenvalue weighted by Crippen LogP contribution is 2.29. The number of aliphatic hydroxyl groups is 1. The molecule has 7 nitrogen and oxygen atoms in total. The van der Waals surface area contributed by atoms with Crippen molar-refractivity contribution in [3.8, 4) is 0 Å². The summed E-state index contributed by atoms with van der Waals surface area (Å²) in [6.45, 7) is 4.48. The molecule has 0 bridgehead atoms. The van der Waals surface area contributed by atoms with Crippen molar-refractivity contribution in [2.75, 3.05) is 11.6 Å². The Bertz CT molecular complexity index is 1150. The third-order valence-electron chi connectivity index (χ3n) is 5.86. The van der Waals surface area contributed by atoms with Crippen LogP contribution in [0.4, 0.5) is 5.82 Å². The van der Waals surface area contributed by atoms with Gasteiger partial charge in [-0.15, -0.1) is 0 Å². The van der Waals surface area contributed by atoms with Gasteiger partial charge in [0, 0.05) is 29.9 Å². The van der Waals surface area contributed by atoms with Gasteiger partial charge in [0.2, 0.25) is 0 Å². The number of fused-ring (bicyclic) bond motifs is 1. The van der Waals surface area contributed by atoms with E-state index in [9.17, 15) is 9.90 Å². The van der Waals surface area contributed by atoms with E-state index in [0.29, 0.717) is 18.2 Å². The summed E-state index contributed by atoms with van der Waals surface area (Å²) in [4.78, 5) is 16.9. The van der Waals surface area contributed by atoms with Crippen LogP contribution in [0.15, 0.2) is 47.8 Å². The van der Waals surface area contributed by atoms with Gasteiger partial charge in [0.05, 0.1) is 18.8 Å². The topological polar surface area (TPSA) is 82.2 Å². The number of aryl methyl sites for hydroxylation is 1. The smallest absolute Gasteiger partial charge is 0.251 e. The van der Waals surface area contributed by atoms with Gasteiger partial charge in [0.15, 0.2) is 5.82 Å². The summed E-state index contributed by atoms with van der Waals surface area (Å²) in [6.07, 6.45) is 7.23. The Morgan fingerprint density at radius 1 is 1.27 bits per heavy atom. The minimum Gasteiger partial charge on any atom is -0.389 e. The van der Waals surface area contributed by atoms with Crippen LogP contribution in [0.25, 0.3) is 5.65 Å². The first-order valence-corrected chi connectivity index (χ1v) is 10.4. The number of hydrogen-bond donors (Lipinski definition) is 2. The number of benzene rings is 1. The second kappa shape index (κ2) is 7.25. The molecule has 7 heteroatoms. The number of imidazole rings is 1. The lowest BCUT2D eigenvalue weighted by atomic mass is 9.94. The number of carbonyl (C=O) groups is 1. The van der Waals surface area contributed by atoms with Gasteiger partial charge in [-0.3, -0.25) is 9.20 Å². The fourth-order valence-electron chi connectivity index (χ4n) is 3.87. The second-order valence-electron chi connectivity index (χ2n) is 8.26. The number of nitrogens with one attached hydrogen (secondary N) is 1. The predicted molar refractivity (Wildman–Crippen MR) is 116 cm³/mol. The molecule has 3 aromatic rings. The first-order valence-electron chi connectivity index (χ1n) is 10.4. The summed E-state index contributed by atoms with van der Waals surface area (Å²) in [6, 6.07) is 10.0. The van der Waals surface area contributed by atoms with Gasteiger partial charge >= 0.3 is 0 Å². The van der Waals surface area contributed by atoms with E-state index in [1.807, 2.05) is 52.2 Å². The van der Waals surface area contributed by atoms with Gasteiger partial charge in [0.1, 0.15) is 5.65 Å². The molecule has 2 N–H and O–H groups in total. The Kier molecular flexibility index (Phi) is 4.55. The van der Waals surface area contributed by atoms with Crippen LogP contribution in [0, 0.1) is 6.92 Å². The van der Waals surface area contributed by atoms with Crippen LogP contribution < -0.4 is 10.3 Å². The molecule has 1 aliphatic heterocycles. The molecule has 1 fully saturated rings. The molecule has 1 aromatic carbocycles. The van der Waals surface area contributed by atoms with Crippen molar-refractivity contribution < 1.29 is 9.90 Å². The lowest BCUT2D eigenvalue weighted by Gasteiger charge is -2.18. The van der Waals surface area contributed by atoms with E-state index >= 15 is 0 Å². The quantitative estimate of drug-likeness (QED) is 0.686. The molecule has 0 spiro atoms. The summed E-state index contributed by atoms with van der Waals surface area (Å²) in [5.74, 6) is 0.939. The maximum atomic E-state index is 12.5. The maximum Gasteiger partial charge on any atom is 0.251 e. The Labute approximate surface area is 175 Å². The highest BCUT2D eigenvalue weighted by Gasteiger charge is 2.27. The van der Waals surface area contributed by atoms with Crippen molar-refractivity contribution in [2.24, 2.45) is 5.10 Å². The highest BCUT2D eigenvalue weighted by atomic mass is 16.3. The molecule has 2 aliphatic rings. The van der Waals surface area contributed by atoms with Crippen molar-refractivity contribution in [3.63, 3.8) is 0 Å². The van der Waals surface area contributed by atoms with Gasteiger partial charge in [-0.2, -0.15) is 5.10 Å². The monoisotopic (exact) mass is 403 g/mol. The second-order valence-corrected chi connectivity index (χ2v) is 8.26. The molecule has 3 heterocycles. The fraction of sp³-hybridized carbons (Fsp3) is 0.348. The lowest BCUT2D eigenvalue weighted by molar-refractivity contribution is 0.0951. The largest absolute Gasteiger partial charge is 0.389 e. The molecule has 1 amide bonds. The number of pyridine rings is 1. The molecular weight excluding hydrogens is 378 g/mol. The van der Waals surface area contributed by atoms with Crippen molar-refractivity contribution >= 4 is 23.6 Å². The minimum atomic E-state index is -0.549. The van der Waals surface area contributed by atoms with Crippen LogP contribution in [0.2, 0.25) is 0 Å². The zero-order valence-corrected chi connectivity index (χ0v) is 17.1. The number of amides is 1. The molecule has 1 saturated carbocycles. The van der Waals surface area contributed by atoms with Crippen LogP contribution >= 0.6 is 0 Å². The number of aliphatic hydroxyl groups excluding tert-OH is 1. The third-order valence-corrected chi connectivity index (χ3v) is 5.86. The Balaban J connectivity index is 1.40. The zero-order chi connectivity index (χ0) is 20.8. The van der Waals surface area contributed by atoms with E-state index in [1.54, 1.807) is 13.1 Å². The van der Waals surface area contributed by atoms with Crippen molar-refractivity contribution in [1.82, 2.24) is 14.7 Å². The molecule has 2 atom stereocenters. The molecule has 0 saturated heterocycles. The zero-order valence-electron chi connectivity index (χ0n) is 17.1. The number of aromatic nitrogens is 2. The highest BCUT2D eigenvalue weighted by molar-refractivity contribution is 5.95. The van der Waals surface area contributed by atoms with Gasteiger partial charge in [-0.05, 0) is 61.6 Å². The van der Waals surface area contributed by atoms with Crippen LogP contribution in [-0.4, -0.2) is 39.2 Å². The van der Waals surface area contributed by atoms with Crippen molar-refractivity contribution in [1.29, 1.82) is 0 Å². The van der Waals surface area contributed by atoms with Crippen LogP contribution in [0.5, 0.6) is 0 Å². The molecule has 5 rings (SSSR count). The lowest BCUT2D eigenvalue weighted by Crippen LogP contribution is -2.25. The van der Waals surface area contributed by atoms with E-state index in [1.165, 1.54) is 0 Å². The summed E-state index contributed by atoms with van der Waals surface area (Å²) in [5, 5.41) is 19.5. The van der Waals surface area contributed by atoms with Crippen molar-refractivity contribution in [2.45, 2.75) is 44.8 Å². The summed E-state index contributed by atoms with van der Waals surface area (Å²) in [5.41, 5.74) is 4.59. The van der Waals surface area contributed by atoms with Gasteiger partial charge in [-0.25, -0.2) is 9.99 Å². The minimum absolute atomic E-state index is 0.00187. The number of rotatable bonds is 5. The summed E-state index contributed by atoms with van der Waals surface area (Å²) < 4.78 is 1.95. The SMILES string of the molecule is Cc1ccc(C(=O)NC2CC2)cc1C1C=NN(c2cnc3ccc([C@H](C)O)cn23)C1. The van der Waals surface area contributed by atoms with Gasteiger partial charge in [-0.1, -0.05) is 12.1 Å². The molecule has 1 unspecified atom stereocenters. The average Bonchev–Trinajstić information content (AvgIpc) is 3.25. The Morgan fingerprint density at radius 3 is 2.87 bits per heavy atom. The van der Waals surface area contributed by atoms with Crippen molar-refractivity contribution in [3.05, 3.63) is 65.0 Å². The molecule has 30 heavy (non-hydrogen) atoms. The standard InChI is InChI=1S/C23H25N5O2/c1-14-3-4-16(23(30)26-19-6-7-19)9-20(14)18-10-25-28(13-18)22-11-24-21-8-5-17(15(2)29)12-27(21)22/h3-5,8-12,15,18-19,29H,6-7,13H2,1-2H3,(H,26,30)/t15-,18?/m0/s1. The van der Waals surface area contributed by atoms with Crippen LogP contribution in [-0.2, 0) is 0 Å². The maximum absolute atomic E-state index is 12.5. The fourth-order valence-corrected chi connectivity index (χ4v) is 3.87. The summed E-state index contributed by atoms with van der Waals surface area (Å²) >= 11 is 0. The first-order chi connectivity index (χ1) is 14.5. The first kappa shape index (κ1) is 18.8. The normalized spacial score (nSPS) is 19.4. The molecule has 154 valence electrons. The van der Waals surface area contributed by atoms with Gasteiger partial charge in [0.25, 0.3) is 5.91 Å². The van der Waals surface area contributed by atoms with Gasteiger partial charge < -0.3 is 10.4 Å². The van der Waals surface area contributed by atoms with E-state index in [-0.39, 0.29) is 11.8 Å². The Morgan fingerprint density at radius 2 is 2.10 bits per heavy atom. The molecule has 2 aromatic heterocycles. The summed E-state index contributed by atoms with van der Waals surface area (Å²) in [7, 11) is 0. The Hall–Kier alpha value is -3.19. The van der Waals surface area contributed by atoms with E-state index in [4.69, 9.17) is 0 Å². The average molecular weight is 403 g/mol. The molecule has 1 aliphatic carbocycles. The number of hydrazone groups is 1. The van der Waals surface area contributed by atoms with E-state index in [2.05, 4.69) is 22.3 Å². The number of hydrogen-bond acceptors (Lipinski definition) is 5. The molecule has 0 radical (unpaired) electrons. The molecular formula is C23H25N5O2. The number of anilines is 1. The van der Waals surface area contributed by atoms with E-state index in [0.717, 1.165) is 41.0 Å². The number of carbonyl (C=O) groups excluding carboxylic acids is 1.